The molecule has 1 aliphatic rings. The van der Waals surface area contributed by atoms with Crippen molar-refractivity contribution in [3.8, 4) is 0 Å². The van der Waals surface area contributed by atoms with E-state index in [9.17, 15) is 9.18 Å². The van der Waals surface area contributed by atoms with Gasteiger partial charge in [0.1, 0.15) is 5.82 Å². The van der Waals surface area contributed by atoms with Crippen LogP contribution in [0.25, 0.3) is 0 Å². The number of urea groups is 1. The Bertz CT molecular complexity index is 326. The van der Waals surface area contributed by atoms with Gasteiger partial charge in [-0.2, -0.15) is 0 Å². The monoisotopic (exact) mass is 194 g/mol. The van der Waals surface area contributed by atoms with Crippen molar-refractivity contribution in [3.63, 3.8) is 0 Å². The van der Waals surface area contributed by atoms with Gasteiger partial charge in [-0.25, -0.2) is 9.18 Å². The Morgan fingerprint density at radius 2 is 1.71 bits per heavy atom. The lowest BCUT2D eigenvalue weighted by molar-refractivity contribution is 0.234. The maximum atomic E-state index is 12.6. The van der Waals surface area contributed by atoms with Crippen molar-refractivity contribution in [1.82, 2.24) is 10.6 Å². The molecule has 0 saturated carbocycles. The number of nitrogens with one attached hydrogen (secondary N) is 2. The van der Waals surface area contributed by atoms with E-state index in [1.807, 2.05) is 0 Å². The van der Waals surface area contributed by atoms with Crippen LogP contribution in [0.4, 0.5) is 9.18 Å². The number of halogens is 1. The fourth-order valence-corrected chi connectivity index (χ4v) is 1.54. The predicted molar refractivity (Wildman–Crippen MR) is 50.5 cm³/mol. The van der Waals surface area contributed by atoms with Gasteiger partial charge < -0.3 is 10.6 Å². The normalized spacial score (nSPS) is 17.4. The molecule has 4 heteroatoms. The lowest BCUT2D eigenvalue weighted by Gasteiger charge is -2.23. The second kappa shape index (κ2) is 3.65. The summed E-state index contributed by atoms with van der Waals surface area (Å²) < 4.78 is 12.6. The standard InChI is InChI=1S/C10H11FN2O/c11-9-3-1-7(2-4-9)8-5-12-10(14)13-6-8/h1-4,8H,5-6H2,(H2,12,13,14). The van der Waals surface area contributed by atoms with Gasteiger partial charge in [-0.3, -0.25) is 0 Å². The van der Waals surface area contributed by atoms with Crippen LogP contribution in [0.2, 0.25) is 0 Å². The van der Waals surface area contributed by atoms with Crippen LogP contribution in [-0.2, 0) is 0 Å². The Kier molecular flexibility index (Phi) is 2.35. The second-order valence-corrected chi connectivity index (χ2v) is 3.34. The first-order valence-electron chi connectivity index (χ1n) is 4.53. The number of benzene rings is 1. The molecule has 1 aromatic carbocycles. The average molecular weight is 194 g/mol. The molecule has 1 heterocycles. The fraction of sp³-hybridized carbons (Fsp3) is 0.300. The van der Waals surface area contributed by atoms with Crippen molar-refractivity contribution in [2.45, 2.75) is 5.92 Å². The number of hydrogen-bond donors (Lipinski definition) is 2. The van der Waals surface area contributed by atoms with Crippen molar-refractivity contribution in [2.75, 3.05) is 13.1 Å². The maximum Gasteiger partial charge on any atom is 0.314 e. The molecule has 1 saturated heterocycles. The SMILES string of the molecule is O=C1NCC(c2ccc(F)cc2)CN1. The number of hydrogen-bond acceptors (Lipinski definition) is 1. The third-order valence-electron chi connectivity index (χ3n) is 2.36. The zero-order valence-electron chi connectivity index (χ0n) is 7.59. The van der Waals surface area contributed by atoms with Crippen LogP contribution in [0.1, 0.15) is 11.5 Å². The third kappa shape index (κ3) is 1.84. The minimum absolute atomic E-state index is 0.136. The second-order valence-electron chi connectivity index (χ2n) is 3.34. The van der Waals surface area contributed by atoms with E-state index in [0.717, 1.165) is 5.56 Å². The summed E-state index contributed by atoms with van der Waals surface area (Å²) in [6, 6.07) is 6.24. The molecule has 0 atom stereocenters. The summed E-state index contributed by atoms with van der Waals surface area (Å²) in [7, 11) is 0. The van der Waals surface area contributed by atoms with E-state index >= 15 is 0 Å². The number of rotatable bonds is 1. The van der Waals surface area contributed by atoms with Gasteiger partial charge in [0.15, 0.2) is 0 Å². The molecule has 0 bridgehead atoms. The van der Waals surface area contributed by atoms with Gasteiger partial charge in [0, 0.05) is 19.0 Å². The summed E-state index contributed by atoms with van der Waals surface area (Å²) in [5, 5.41) is 5.40. The summed E-state index contributed by atoms with van der Waals surface area (Å²) >= 11 is 0. The fourth-order valence-electron chi connectivity index (χ4n) is 1.54. The van der Waals surface area contributed by atoms with Gasteiger partial charge in [0.25, 0.3) is 0 Å². The first-order valence-corrected chi connectivity index (χ1v) is 4.53. The van der Waals surface area contributed by atoms with E-state index in [-0.39, 0.29) is 17.8 Å². The quantitative estimate of drug-likeness (QED) is 0.693. The number of carbonyl (C=O) groups is 1. The first kappa shape index (κ1) is 8.99. The van der Waals surface area contributed by atoms with Crippen molar-refractivity contribution in [1.29, 1.82) is 0 Å². The Hall–Kier alpha value is -1.58. The van der Waals surface area contributed by atoms with Crippen LogP contribution < -0.4 is 10.6 Å². The van der Waals surface area contributed by atoms with Crippen LogP contribution >= 0.6 is 0 Å². The van der Waals surface area contributed by atoms with Gasteiger partial charge in [0.05, 0.1) is 0 Å². The van der Waals surface area contributed by atoms with E-state index in [1.54, 1.807) is 12.1 Å². The molecule has 1 fully saturated rings. The third-order valence-corrected chi connectivity index (χ3v) is 2.36. The molecule has 3 nitrogen and oxygen atoms in total. The van der Waals surface area contributed by atoms with Crippen molar-refractivity contribution < 1.29 is 9.18 Å². The van der Waals surface area contributed by atoms with Gasteiger partial charge in [0.2, 0.25) is 0 Å². The zero-order chi connectivity index (χ0) is 9.97. The molecule has 0 spiro atoms. The molecule has 2 N–H and O–H groups in total. The molecular formula is C10H11FN2O. The highest BCUT2D eigenvalue weighted by Crippen LogP contribution is 2.16. The highest BCUT2D eigenvalue weighted by molar-refractivity contribution is 5.74. The topological polar surface area (TPSA) is 41.1 Å². The molecule has 0 radical (unpaired) electrons. The Labute approximate surface area is 81.3 Å². The molecule has 74 valence electrons. The molecule has 1 aromatic rings. The van der Waals surface area contributed by atoms with Gasteiger partial charge >= 0.3 is 6.03 Å². The maximum absolute atomic E-state index is 12.6. The minimum Gasteiger partial charge on any atom is -0.337 e. The van der Waals surface area contributed by atoms with Gasteiger partial charge in [-0.15, -0.1) is 0 Å². The molecule has 0 unspecified atom stereocenters. The van der Waals surface area contributed by atoms with E-state index in [2.05, 4.69) is 10.6 Å². The van der Waals surface area contributed by atoms with E-state index in [4.69, 9.17) is 0 Å². The summed E-state index contributed by atoms with van der Waals surface area (Å²) in [4.78, 5) is 10.8. The van der Waals surface area contributed by atoms with Crippen molar-refractivity contribution in [2.24, 2.45) is 0 Å². The highest BCUT2D eigenvalue weighted by Gasteiger charge is 2.18. The van der Waals surface area contributed by atoms with E-state index in [1.165, 1.54) is 12.1 Å². The van der Waals surface area contributed by atoms with Gasteiger partial charge in [-0.05, 0) is 17.7 Å². The Morgan fingerprint density at radius 1 is 1.14 bits per heavy atom. The smallest absolute Gasteiger partial charge is 0.314 e. The average Bonchev–Trinajstić information content (AvgIpc) is 2.21. The van der Waals surface area contributed by atoms with E-state index < -0.39 is 0 Å². The van der Waals surface area contributed by atoms with Crippen molar-refractivity contribution in [3.05, 3.63) is 35.6 Å². The minimum atomic E-state index is -0.235. The molecule has 0 aromatic heterocycles. The molecule has 2 amide bonds. The van der Waals surface area contributed by atoms with Crippen LogP contribution in [0, 0.1) is 5.82 Å². The molecule has 1 aliphatic heterocycles. The van der Waals surface area contributed by atoms with Crippen LogP contribution in [-0.4, -0.2) is 19.1 Å². The summed E-state index contributed by atoms with van der Waals surface area (Å²) in [5.41, 5.74) is 1.04. The highest BCUT2D eigenvalue weighted by atomic mass is 19.1. The van der Waals surface area contributed by atoms with E-state index in [0.29, 0.717) is 13.1 Å². The van der Waals surface area contributed by atoms with Crippen LogP contribution in [0.15, 0.2) is 24.3 Å². The summed E-state index contributed by atoms with van der Waals surface area (Å²) in [5.74, 6) is -0.00476. The Morgan fingerprint density at radius 3 is 2.29 bits per heavy atom. The number of carbonyl (C=O) groups excluding carboxylic acids is 1. The summed E-state index contributed by atoms with van der Waals surface area (Å²) in [6.07, 6.45) is 0. The molecule has 14 heavy (non-hydrogen) atoms. The first-order chi connectivity index (χ1) is 6.75. The molecule has 0 aliphatic carbocycles. The molecular weight excluding hydrogens is 183 g/mol. The molecule has 2 rings (SSSR count). The lowest BCUT2D eigenvalue weighted by Crippen LogP contribution is -2.47. The lowest BCUT2D eigenvalue weighted by atomic mass is 9.98. The number of amides is 2. The largest absolute Gasteiger partial charge is 0.337 e. The predicted octanol–water partition coefficient (Wildman–Crippen LogP) is 1.22. The zero-order valence-corrected chi connectivity index (χ0v) is 7.59. The van der Waals surface area contributed by atoms with Crippen molar-refractivity contribution >= 4 is 6.03 Å². The Balaban J connectivity index is 2.08. The van der Waals surface area contributed by atoms with Crippen LogP contribution in [0.3, 0.4) is 0 Å². The summed E-state index contributed by atoms with van der Waals surface area (Å²) in [6.45, 7) is 1.22. The van der Waals surface area contributed by atoms with Crippen LogP contribution in [0.5, 0.6) is 0 Å². The van der Waals surface area contributed by atoms with Gasteiger partial charge in [-0.1, -0.05) is 12.1 Å².